The summed E-state index contributed by atoms with van der Waals surface area (Å²) in [6, 6.07) is 3.70. The van der Waals surface area contributed by atoms with Crippen LogP contribution in [0.1, 0.15) is 25.1 Å². The van der Waals surface area contributed by atoms with Crippen molar-refractivity contribution in [2.75, 3.05) is 19.6 Å². The molecule has 0 aromatic carbocycles. The van der Waals surface area contributed by atoms with Crippen molar-refractivity contribution >= 4 is 11.8 Å². The minimum atomic E-state index is -4.44. The van der Waals surface area contributed by atoms with E-state index < -0.39 is 24.5 Å². The minimum absolute atomic E-state index is 0.140. The highest BCUT2D eigenvalue weighted by molar-refractivity contribution is 5.89. The van der Waals surface area contributed by atoms with E-state index in [1.54, 1.807) is 4.90 Å². The standard InChI is InChI=1S/C15H18F3N3O2/c1-10-12-3-2-4-19(12)5-6-21(10)14(23)11-7-13(22)20(8-11)9-15(16,17)18/h2-4,10-11H,5-9H2,1H3/t10-,11+/m0/s1. The van der Waals surface area contributed by atoms with E-state index in [2.05, 4.69) is 4.57 Å². The number of hydrogen-bond acceptors (Lipinski definition) is 2. The molecule has 3 rings (SSSR count). The lowest BCUT2D eigenvalue weighted by atomic mass is 10.0. The predicted octanol–water partition coefficient (Wildman–Crippen LogP) is 1.80. The van der Waals surface area contributed by atoms with Gasteiger partial charge in [0, 0.05) is 37.9 Å². The fraction of sp³-hybridized carbons (Fsp3) is 0.600. The van der Waals surface area contributed by atoms with E-state index in [0.29, 0.717) is 13.1 Å². The number of rotatable bonds is 2. The van der Waals surface area contributed by atoms with Crippen molar-refractivity contribution in [2.45, 2.75) is 32.1 Å². The molecule has 0 radical (unpaired) electrons. The summed E-state index contributed by atoms with van der Waals surface area (Å²) in [5, 5.41) is 0. The molecule has 1 saturated heterocycles. The van der Waals surface area contributed by atoms with Crippen molar-refractivity contribution < 1.29 is 22.8 Å². The normalized spacial score (nSPS) is 25.0. The molecule has 126 valence electrons. The highest BCUT2D eigenvalue weighted by atomic mass is 19.4. The molecular formula is C15H18F3N3O2. The molecule has 8 heteroatoms. The molecule has 1 aromatic rings. The molecule has 0 N–H and O–H groups in total. The molecule has 2 aliphatic rings. The number of alkyl halides is 3. The molecular weight excluding hydrogens is 311 g/mol. The van der Waals surface area contributed by atoms with Crippen LogP contribution in [0, 0.1) is 5.92 Å². The van der Waals surface area contributed by atoms with Crippen LogP contribution in [0.15, 0.2) is 18.3 Å². The third-order valence-corrected chi connectivity index (χ3v) is 4.56. The molecule has 2 atom stereocenters. The van der Waals surface area contributed by atoms with Crippen molar-refractivity contribution in [3.63, 3.8) is 0 Å². The summed E-state index contributed by atoms with van der Waals surface area (Å²) in [6.45, 7) is 1.62. The monoisotopic (exact) mass is 329 g/mol. The second-order valence-electron chi connectivity index (χ2n) is 6.12. The summed E-state index contributed by atoms with van der Waals surface area (Å²) in [6.07, 6.45) is -2.64. The first-order chi connectivity index (χ1) is 10.8. The Hall–Kier alpha value is -1.99. The maximum atomic E-state index is 12.7. The van der Waals surface area contributed by atoms with Gasteiger partial charge in [0.25, 0.3) is 0 Å². The number of likely N-dealkylation sites (tertiary alicyclic amines) is 1. The molecule has 3 heterocycles. The molecule has 0 bridgehead atoms. The minimum Gasteiger partial charge on any atom is -0.348 e. The number of fused-ring (bicyclic) bond motifs is 1. The largest absolute Gasteiger partial charge is 0.406 e. The van der Waals surface area contributed by atoms with Gasteiger partial charge in [0.15, 0.2) is 0 Å². The van der Waals surface area contributed by atoms with Gasteiger partial charge in [-0.15, -0.1) is 0 Å². The highest BCUT2D eigenvalue weighted by Crippen LogP contribution is 2.30. The van der Waals surface area contributed by atoms with Crippen LogP contribution in [0.4, 0.5) is 13.2 Å². The first-order valence-corrected chi connectivity index (χ1v) is 7.56. The van der Waals surface area contributed by atoms with Gasteiger partial charge in [-0.25, -0.2) is 0 Å². The van der Waals surface area contributed by atoms with Crippen LogP contribution < -0.4 is 0 Å². The number of halogens is 3. The molecule has 2 amide bonds. The molecule has 1 fully saturated rings. The maximum absolute atomic E-state index is 12.7. The smallest absolute Gasteiger partial charge is 0.348 e. The summed E-state index contributed by atoms with van der Waals surface area (Å²) < 4.78 is 39.5. The van der Waals surface area contributed by atoms with E-state index >= 15 is 0 Å². The van der Waals surface area contributed by atoms with Gasteiger partial charge in [-0.2, -0.15) is 13.2 Å². The first-order valence-electron chi connectivity index (χ1n) is 7.56. The average molecular weight is 329 g/mol. The molecule has 2 aliphatic heterocycles. The number of hydrogen-bond donors (Lipinski definition) is 0. The summed E-state index contributed by atoms with van der Waals surface area (Å²) in [5.41, 5.74) is 1.00. The van der Waals surface area contributed by atoms with Gasteiger partial charge in [0.05, 0.1) is 12.0 Å². The summed E-state index contributed by atoms with van der Waals surface area (Å²) in [5.74, 6) is -1.52. The zero-order chi connectivity index (χ0) is 16.8. The van der Waals surface area contributed by atoms with Gasteiger partial charge in [0.1, 0.15) is 6.54 Å². The Bertz CT molecular complexity index is 626. The van der Waals surface area contributed by atoms with Gasteiger partial charge >= 0.3 is 6.18 Å². The van der Waals surface area contributed by atoms with Gasteiger partial charge in [-0.1, -0.05) is 0 Å². The number of carbonyl (C=O) groups is 2. The third-order valence-electron chi connectivity index (χ3n) is 4.56. The topological polar surface area (TPSA) is 45.6 Å². The van der Waals surface area contributed by atoms with E-state index in [4.69, 9.17) is 0 Å². The SMILES string of the molecule is C[C@H]1c2cccn2CCN1C(=O)[C@@H]1CC(=O)N(CC(F)(F)F)C1. The van der Waals surface area contributed by atoms with Crippen LogP contribution in [-0.2, 0) is 16.1 Å². The van der Waals surface area contributed by atoms with Crippen LogP contribution in [0.3, 0.4) is 0 Å². The van der Waals surface area contributed by atoms with Crippen molar-refractivity contribution in [1.82, 2.24) is 14.4 Å². The highest BCUT2D eigenvalue weighted by Gasteiger charge is 2.42. The van der Waals surface area contributed by atoms with Crippen molar-refractivity contribution in [2.24, 2.45) is 5.92 Å². The van der Waals surface area contributed by atoms with E-state index in [0.717, 1.165) is 10.6 Å². The summed E-state index contributed by atoms with van der Waals surface area (Å²) in [4.78, 5) is 26.8. The molecule has 0 spiro atoms. The van der Waals surface area contributed by atoms with Crippen LogP contribution in [0.5, 0.6) is 0 Å². The van der Waals surface area contributed by atoms with Gasteiger partial charge in [-0.3, -0.25) is 9.59 Å². The Kier molecular flexibility index (Phi) is 3.85. The fourth-order valence-corrected chi connectivity index (χ4v) is 3.42. The lowest BCUT2D eigenvalue weighted by molar-refractivity contribution is -0.157. The fourth-order valence-electron chi connectivity index (χ4n) is 3.42. The Morgan fingerprint density at radius 1 is 1.35 bits per heavy atom. The van der Waals surface area contributed by atoms with Crippen molar-refractivity contribution in [1.29, 1.82) is 0 Å². The van der Waals surface area contributed by atoms with Gasteiger partial charge in [-0.05, 0) is 19.1 Å². The predicted molar refractivity (Wildman–Crippen MR) is 75.3 cm³/mol. The summed E-state index contributed by atoms with van der Waals surface area (Å²) >= 11 is 0. The second-order valence-corrected chi connectivity index (χ2v) is 6.12. The third kappa shape index (κ3) is 3.07. The average Bonchev–Trinajstić information content (AvgIpc) is 3.05. The Morgan fingerprint density at radius 3 is 2.78 bits per heavy atom. The van der Waals surface area contributed by atoms with Gasteiger partial charge in [0.2, 0.25) is 11.8 Å². The molecule has 23 heavy (non-hydrogen) atoms. The zero-order valence-corrected chi connectivity index (χ0v) is 12.7. The molecule has 5 nitrogen and oxygen atoms in total. The Labute approximate surface area is 131 Å². The Balaban J connectivity index is 1.69. The zero-order valence-electron chi connectivity index (χ0n) is 12.7. The number of nitrogens with zero attached hydrogens (tertiary/aromatic N) is 3. The number of amides is 2. The van der Waals surface area contributed by atoms with Crippen molar-refractivity contribution in [3.8, 4) is 0 Å². The maximum Gasteiger partial charge on any atom is 0.406 e. The second kappa shape index (κ2) is 5.58. The number of aromatic nitrogens is 1. The Morgan fingerprint density at radius 2 is 2.09 bits per heavy atom. The van der Waals surface area contributed by atoms with E-state index in [1.807, 2.05) is 25.3 Å². The van der Waals surface area contributed by atoms with Crippen LogP contribution in [0.2, 0.25) is 0 Å². The summed E-state index contributed by atoms with van der Waals surface area (Å²) in [7, 11) is 0. The quantitative estimate of drug-likeness (QED) is 0.831. The van der Waals surface area contributed by atoms with Crippen LogP contribution in [-0.4, -0.2) is 52.0 Å². The van der Waals surface area contributed by atoms with Crippen molar-refractivity contribution in [3.05, 3.63) is 24.0 Å². The molecule has 0 unspecified atom stereocenters. The lowest BCUT2D eigenvalue weighted by Crippen LogP contribution is -2.44. The molecule has 0 saturated carbocycles. The van der Waals surface area contributed by atoms with E-state index in [9.17, 15) is 22.8 Å². The number of carbonyl (C=O) groups excluding carboxylic acids is 2. The van der Waals surface area contributed by atoms with Gasteiger partial charge < -0.3 is 14.4 Å². The van der Waals surface area contributed by atoms with E-state index in [1.165, 1.54) is 0 Å². The first kappa shape index (κ1) is 15.9. The molecule has 1 aromatic heterocycles. The van der Waals surface area contributed by atoms with E-state index in [-0.39, 0.29) is 24.9 Å². The molecule has 0 aliphatic carbocycles. The van der Waals surface area contributed by atoms with Crippen LogP contribution in [0.25, 0.3) is 0 Å². The van der Waals surface area contributed by atoms with Crippen LogP contribution >= 0.6 is 0 Å². The lowest BCUT2D eigenvalue weighted by Gasteiger charge is -2.36.